The van der Waals surface area contributed by atoms with Gasteiger partial charge in [-0.05, 0) is 73.7 Å². The first-order valence-corrected chi connectivity index (χ1v) is 16.7. The van der Waals surface area contributed by atoms with E-state index in [0.29, 0.717) is 36.1 Å². The monoisotopic (exact) mass is 658 g/mol. The molecule has 3 aromatic rings. The van der Waals surface area contributed by atoms with Gasteiger partial charge in [-0.3, -0.25) is 14.6 Å². The van der Waals surface area contributed by atoms with Crippen LogP contribution in [0.3, 0.4) is 0 Å². The van der Waals surface area contributed by atoms with Gasteiger partial charge in [0, 0.05) is 51.1 Å². The maximum atomic E-state index is 13.6. The summed E-state index contributed by atoms with van der Waals surface area (Å²) < 4.78 is 23.6. The summed E-state index contributed by atoms with van der Waals surface area (Å²) in [6.45, 7) is 5.25. The van der Waals surface area contributed by atoms with Crippen molar-refractivity contribution in [1.82, 2.24) is 19.7 Å². The maximum absolute atomic E-state index is 13.6. The van der Waals surface area contributed by atoms with Gasteiger partial charge >= 0.3 is 0 Å². The number of aromatic nitrogens is 1. The summed E-state index contributed by atoms with van der Waals surface area (Å²) in [5.74, 6) is 0.774. The molecule has 236 valence electrons. The lowest BCUT2D eigenvalue weighted by molar-refractivity contribution is -0.139. The van der Waals surface area contributed by atoms with E-state index in [-0.39, 0.29) is 48.0 Å². The molecule has 6 rings (SSSR count). The Balaban J connectivity index is 0.00000221. The van der Waals surface area contributed by atoms with E-state index < -0.39 is 9.84 Å². The van der Waals surface area contributed by atoms with E-state index in [4.69, 9.17) is 0 Å². The highest BCUT2D eigenvalue weighted by Crippen LogP contribution is 2.43. The zero-order valence-corrected chi connectivity index (χ0v) is 27.3. The fraction of sp³-hybridized carbons (Fsp3) is 0.424. The van der Waals surface area contributed by atoms with Crippen molar-refractivity contribution in [1.29, 1.82) is 0 Å². The lowest BCUT2D eigenvalue weighted by Crippen LogP contribution is -2.46. The lowest BCUT2D eigenvalue weighted by atomic mass is 9.76. The molecule has 2 atom stereocenters. The number of hydrogen-bond acceptors (Lipinski definition) is 6. The average Bonchev–Trinajstić information content (AvgIpc) is 3.56. The lowest BCUT2D eigenvalue weighted by Gasteiger charge is -2.39. The van der Waals surface area contributed by atoms with Crippen molar-refractivity contribution < 1.29 is 18.0 Å². The number of carbonyl (C=O) groups is 2. The maximum Gasteiger partial charge on any atom is 0.272 e. The molecule has 0 bridgehead atoms. The summed E-state index contributed by atoms with van der Waals surface area (Å²) in [7, 11) is -3.24. The summed E-state index contributed by atoms with van der Waals surface area (Å²) in [6, 6.07) is 22.8. The van der Waals surface area contributed by atoms with Gasteiger partial charge < -0.3 is 14.7 Å². The third-order valence-electron chi connectivity index (χ3n) is 9.47. The fourth-order valence-corrected chi connectivity index (χ4v) is 7.65. The minimum absolute atomic E-state index is 0. The number of likely N-dealkylation sites (tertiary alicyclic amines) is 3. The molecule has 44 heavy (non-hydrogen) atoms. The van der Waals surface area contributed by atoms with E-state index >= 15 is 0 Å². The van der Waals surface area contributed by atoms with Crippen LogP contribution in [0.15, 0.2) is 83.9 Å². The minimum atomic E-state index is -3.24. The highest BCUT2D eigenvalue weighted by Gasteiger charge is 2.48. The molecule has 1 spiro atoms. The molecular weight excluding hydrogens is 619 g/mol. The zero-order chi connectivity index (χ0) is 29.3. The second-order valence-corrected chi connectivity index (χ2v) is 14.2. The normalized spacial score (nSPS) is 21.6. The van der Waals surface area contributed by atoms with E-state index in [2.05, 4.69) is 34.1 Å². The van der Waals surface area contributed by atoms with Crippen molar-refractivity contribution in [3.8, 4) is 0 Å². The van der Waals surface area contributed by atoms with Crippen molar-refractivity contribution in [2.24, 2.45) is 11.3 Å². The standard InChI is InChI=1S/C33H38N4O4S.2ClH/c1-42(40,41)28-12-10-25(11-13-28)21-36-20-16-33(32(36)39)14-18-35(19-15-33)22-27-23-37(31(38)30-9-5-6-17-34-30)24-29(27)26-7-3-2-4-8-26;;/h2-13,17,27,29H,14-16,18-24H2,1H3;2*1H. The predicted octanol–water partition coefficient (Wildman–Crippen LogP) is 4.70. The van der Waals surface area contributed by atoms with Gasteiger partial charge in [0.05, 0.1) is 10.3 Å². The third-order valence-corrected chi connectivity index (χ3v) is 10.6. The highest BCUT2D eigenvalue weighted by molar-refractivity contribution is 7.90. The van der Waals surface area contributed by atoms with Crippen LogP contribution in [0.5, 0.6) is 0 Å². The first kappa shape index (κ1) is 33.9. The number of benzene rings is 2. The van der Waals surface area contributed by atoms with Gasteiger partial charge in [0.2, 0.25) is 5.91 Å². The minimum Gasteiger partial charge on any atom is -0.338 e. The molecular formula is C33H40Cl2N4O4S. The van der Waals surface area contributed by atoms with E-state index in [9.17, 15) is 18.0 Å². The quantitative estimate of drug-likeness (QED) is 0.366. The van der Waals surface area contributed by atoms with Crippen LogP contribution >= 0.6 is 24.8 Å². The Hall–Kier alpha value is -2.98. The van der Waals surface area contributed by atoms with Gasteiger partial charge in [0.1, 0.15) is 5.69 Å². The average molecular weight is 660 g/mol. The van der Waals surface area contributed by atoms with Crippen molar-refractivity contribution in [2.75, 3.05) is 45.5 Å². The number of nitrogens with zero attached hydrogens (tertiary/aromatic N) is 4. The molecule has 11 heteroatoms. The van der Waals surface area contributed by atoms with E-state index in [1.54, 1.807) is 24.4 Å². The van der Waals surface area contributed by atoms with E-state index in [1.807, 2.05) is 40.1 Å². The van der Waals surface area contributed by atoms with Crippen LogP contribution in [0.25, 0.3) is 0 Å². The molecule has 2 amide bonds. The number of piperidine rings is 1. The zero-order valence-electron chi connectivity index (χ0n) is 24.9. The molecule has 0 saturated carbocycles. The SMILES string of the molecule is CS(=O)(=O)c1ccc(CN2CCC3(CCN(CC4CN(C(=O)c5ccccn5)CC4c4ccccc4)CC3)C2=O)cc1.Cl.Cl. The first-order chi connectivity index (χ1) is 20.2. The molecule has 1 aromatic heterocycles. The van der Waals surface area contributed by atoms with E-state index in [1.165, 1.54) is 11.8 Å². The third kappa shape index (κ3) is 7.12. The Morgan fingerprint density at radius 1 is 0.886 bits per heavy atom. The molecule has 2 unspecified atom stereocenters. The van der Waals surface area contributed by atoms with Crippen LogP contribution in [0.2, 0.25) is 0 Å². The van der Waals surface area contributed by atoms with Gasteiger partial charge in [-0.1, -0.05) is 48.5 Å². The first-order valence-electron chi connectivity index (χ1n) is 14.8. The molecule has 3 fully saturated rings. The smallest absolute Gasteiger partial charge is 0.272 e. The van der Waals surface area contributed by atoms with Crippen LogP contribution in [-0.2, 0) is 21.2 Å². The second kappa shape index (κ2) is 14.0. The van der Waals surface area contributed by atoms with Gasteiger partial charge in [0.15, 0.2) is 9.84 Å². The van der Waals surface area contributed by atoms with Crippen LogP contribution in [-0.4, -0.2) is 85.4 Å². The molecule has 4 heterocycles. The van der Waals surface area contributed by atoms with E-state index in [0.717, 1.165) is 51.0 Å². The van der Waals surface area contributed by atoms with Gasteiger partial charge in [0.25, 0.3) is 5.91 Å². The number of amides is 2. The Kier molecular flexibility index (Phi) is 10.8. The molecule has 3 aliphatic heterocycles. The van der Waals surface area contributed by atoms with Crippen LogP contribution in [0.4, 0.5) is 0 Å². The molecule has 0 N–H and O–H groups in total. The van der Waals surface area contributed by atoms with Crippen LogP contribution < -0.4 is 0 Å². The molecule has 2 aromatic carbocycles. The second-order valence-electron chi connectivity index (χ2n) is 12.2. The summed E-state index contributed by atoms with van der Waals surface area (Å²) >= 11 is 0. The van der Waals surface area contributed by atoms with Crippen molar-refractivity contribution in [3.63, 3.8) is 0 Å². The summed E-state index contributed by atoms with van der Waals surface area (Å²) in [5, 5.41) is 0. The Bertz CT molecular complexity index is 1530. The number of pyridine rings is 1. The topological polar surface area (TPSA) is 90.9 Å². The van der Waals surface area contributed by atoms with Crippen molar-refractivity contribution in [3.05, 3.63) is 95.8 Å². The van der Waals surface area contributed by atoms with Crippen LogP contribution in [0.1, 0.15) is 46.8 Å². The predicted molar refractivity (Wildman–Crippen MR) is 175 cm³/mol. The molecule has 8 nitrogen and oxygen atoms in total. The summed E-state index contributed by atoms with van der Waals surface area (Å²) in [4.78, 5) is 37.9. The molecule has 0 radical (unpaired) electrons. The number of carbonyl (C=O) groups excluding carboxylic acids is 2. The molecule has 3 saturated heterocycles. The fourth-order valence-electron chi connectivity index (χ4n) is 7.02. The van der Waals surface area contributed by atoms with Crippen molar-refractivity contribution >= 4 is 46.5 Å². The van der Waals surface area contributed by atoms with Crippen LogP contribution in [0, 0.1) is 11.3 Å². The Morgan fingerprint density at radius 2 is 1.55 bits per heavy atom. The number of rotatable bonds is 7. The van der Waals surface area contributed by atoms with Gasteiger partial charge in [-0.2, -0.15) is 0 Å². The number of halogens is 2. The number of hydrogen-bond donors (Lipinski definition) is 0. The largest absolute Gasteiger partial charge is 0.338 e. The highest BCUT2D eigenvalue weighted by atomic mass is 35.5. The van der Waals surface area contributed by atoms with Crippen molar-refractivity contribution in [2.45, 2.75) is 36.6 Å². The Morgan fingerprint density at radius 3 is 2.18 bits per heavy atom. The van der Waals surface area contributed by atoms with Gasteiger partial charge in [-0.25, -0.2) is 8.42 Å². The van der Waals surface area contributed by atoms with Gasteiger partial charge in [-0.15, -0.1) is 24.8 Å². The summed E-state index contributed by atoms with van der Waals surface area (Å²) in [6.07, 6.45) is 5.42. The number of sulfone groups is 1. The molecule has 0 aliphatic carbocycles. The summed E-state index contributed by atoms with van der Waals surface area (Å²) in [5.41, 5.74) is 2.39. The molecule has 3 aliphatic rings. The Labute approximate surface area is 272 Å².